The van der Waals surface area contributed by atoms with Gasteiger partial charge >= 0.3 is 0 Å². The number of carbonyl (C=O) groups excluding carboxylic acids is 1. The lowest BCUT2D eigenvalue weighted by Crippen LogP contribution is -2.47. The van der Waals surface area contributed by atoms with Gasteiger partial charge in [-0.05, 0) is 36.6 Å². The van der Waals surface area contributed by atoms with Gasteiger partial charge in [-0.1, -0.05) is 43.2 Å². The number of methoxy groups -OCH3 is 1. The monoisotopic (exact) mass is 383 g/mol. The van der Waals surface area contributed by atoms with Gasteiger partial charge in [-0.25, -0.2) is 0 Å². The Balaban J connectivity index is 1.66. The van der Waals surface area contributed by atoms with E-state index in [1.54, 1.807) is 7.11 Å². The van der Waals surface area contributed by atoms with Crippen LogP contribution >= 0.6 is 0 Å². The normalized spacial score (nSPS) is 19.0. The van der Waals surface area contributed by atoms with Gasteiger partial charge in [0.2, 0.25) is 0 Å². The van der Waals surface area contributed by atoms with Gasteiger partial charge in [0.05, 0.1) is 24.9 Å². The van der Waals surface area contributed by atoms with Crippen LogP contribution in [-0.2, 0) is 11.3 Å². The Hall–Kier alpha value is -3.21. The van der Waals surface area contributed by atoms with Crippen molar-refractivity contribution < 1.29 is 9.53 Å². The van der Waals surface area contributed by atoms with Gasteiger partial charge in [0, 0.05) is 16.5 Å². The van der Waals surface area contributed by atoms with Gasteiger partial charge in [-0.2, -0.15) is 4.99 Å². The number of aliphatic imine (C=N–C) groups is 1. The van der Waals surface area contributed by atoms with E-state index >= 15 is 0 Å². The molecule has 1 aliphatic carbocycles. The Bertz CT molecular complexity index is 1190. The molecule has 3 heterocycles. The highest BCUT2D eigenvalue weighted by Gasteiger charge is 2.55. The molecule has 1 amide bonds. The van der Waals surface area contributed by atoms with Crippen LogP contribution in [0.5, 0.6) is 5.75 Å². The first kappa shape index (κ1) is 16.7. The number of fused-ring (bicyclic) bond motifs is 5. The summed E-state index contributed by atoms with van der Waals surface area (Å²) in [6.07, 6.45) is 3.95. The molecule has 2 aromatic carbocycles. The van der Waals surface area contributed by atoms with Gasteiger partial charge in [0.1, 0.15) is 17.1 Å². The molecule has 0 bridgehead atoms. The Kier molecular flexibility index (Phi) is 3.40. The number of amides is 1. The summed E-state index contributed by atoms with van der Waals surface area (Å²) in [6, 6.07) is 16.3. The Morgan fingerprint density at radius 1 is 1.03 bits per heavy atom. The second-order valence-electron chi connectivity index (χ2n) is 8.12. The van der Waals surface area contributed by atoms with E-state index in [-0.39, 0.29) is 5.91 Å². The van der Waals surface area contributed by atoms with Gasteiger partial charge < -0.3 is 9.64 Å². The van der Waals surface area contributed by atoms with Crippen molar-refractivity contribution in [3.63, 3.8) is 0 Å². The van der Waals surface area contributed by atoms with Crippen LogP contribution in [0.1, 0.15) is 36.9 Å². The highest BCUT2D eigenvalue weighted by molar-refractivity contribution is 6.21. The van der Waals surface area contributed by atoms with Crippen LogP contribution in [0.15, 0.2) is 53.5 Å². The van der Waals surface area contributed by atoms with Crippen molar-refractivity contribution >= 4 is 22.6 Å². The predicted octanol–water partition coefficient (Wildman–Crippen LogP) is 4.33. The fourth-order valence-electron chi connectivity index (χ4n) is 5.27. The van der Waals surface area contributed by atoms with E-state index in [0.29, 0.717) is 6.54 Å². The number of benzene rings is 2. The third kappa shape index (κ3) is 2.18. The second-order valence-corrected chi connectivity index (χ2v) is 8.12. The van der Waals surface area contributed by atoms with Crippen LogP contribution in [-0.4, -0.2) is 34.3 Å². The lowest BCUT2D eigenvalue weighted by molar-refractivity contribution is -0.125. The second kappa shape index (κ2) is 5.89. The zero-order chi connectivity index (χ0) is 19.6. The summed E-state index contributed by atoms with van der Waals surface area (Å²) in [5.74, 6) is 1.63. The molecule has 3 aromatic rings. The minimum atomic E-state index is -0.451. The van der Waals surface area contributed by atoms with Crippen LogP contribution < -0.4 is 4.74 Å². The molecule has 2 aliphatic heterocycles. The first-order chi connectivity index (χ1) is 14.2. The molecule has 1 spiro atoms. The highest BCUT2D eigenvalue weighted by atomic mass is 16.5. The molecule has 5 nitrogen and oxygen atoms in total. The largest absolute Gasteiger partial charge is 0.497 e. The quantitative estimate of drug-likeness (QED) is 0.661. The Morgan fingerprint density at radius 2 is 1.83 bits per heavy atom. The summed E-state index contributed by atoms with van der Waals surface area (Å²) in [5.41, 5.74) is 4.71. The van der Waals surface area contributed by atoms with E-state index in [9.17, 15) is 4.79 Å². The maximum Gasteiger partial charge on any atom is 0.273 e. The Labute approximate surface area is 169 Å². The van der Waals surface area contributed by atoms with Crippen LogP contribution in [0, 0.1) is 0 Å². The molecule has 29 heavy (non-hydrogen) atoms. The lowest BCUT2D eigenvalue weighted by Gasteiger charge is -2.31. The van der Waals surface area contributed by atoms with E-state index in [2.05, 4.69) is 22.0 Å². The molecule has 1 fully saturated rings. The zero-order valence-electron chi connectivity index (χ0n) is 16.3. The van der Waals surface area contributed by atoms with E-state index in [4.69, 9.17) is 9.72 Å². The van der Waals surface area contributed by atoms with Crippen molar-refractivity contribution in [2.45, 2.75) is 37.8 Å². The summed E-state index contributed by atoms with van der Waals surface area (Å²) in [7, 11) is 1.68. The smallest absolute Gasteiger partial charge is 0.273 e. The van der Waals surface area contributed by atoms with Crippen molar-refractivity contribution in [1.82, 2.24) is 9.88 Å². The Morgan fingerprint density at radius 3 is 2.59 bits per heavy atom. The van der Waals surface area contributed by atoms with E-state index in [1.807, 2.05) is 36.4 Å². The first-order valence-corrected chi connectivity index (χ1v) is 10.2. The molecular formula is C24H21N3O2. The molecule has 6 rings (SSSR count). The SMILES string of the molecule is COc1ccc2nc3c(c(-c4ccccc4)c2c1)C1=NC(=O)C2(CCCC2)N1C3. The number of ether oxygens (including phenoxy) is 1. The van der Waals surface area contributed by atoms with E-state index in [0.717, 1.165) is 70.6 Å². The zero-order valence-corrected chi connectivity index (χ0v) is 16.3. The molecule has 3 aliphatic rings. The third-order valence-electron chi connectivity index (χ3n) is 6.67. The number of hydrogen-bond donors (Lipinski definition) is 0. The minimum Gasteiger partial charge on any atom is -0.497 e. The summed E-state index contributed by atoms with van der Waals surface area (Å²) < 4.78 is 5.49. The molecule has 0 unspecified atom stereocenters. The standard InChI is InChI=1S/C24H21N3O2/c1-29-16-9-10-18-17(13-16)20(15-7-3-2-4-8-15)21-19(25-18)14-27-22(21)26-23(28)24(27)11-5-6-12-24/h2-4,7-10,13H,5-6,11-12,14H2,1H3. The number of hydrogen-bond acceptors (Lipinski definition) is 4. The van der Waals surface area contributed by atoms with Gasteiger partial charge in [0.25, 0.3) is 5.91 Å². The molecule has 5 heteroatoms. The fraction of sp³-hybridized carbons (Fsp3) is 0.292. The van der Waals surface area contributed by atoms with Gasteiger partial charge in [0.15, 0.2) is 0 Å². The third-order valence-corrected chi connectivity index (χ3v) is 6.67. The summed E-state index contributed by atoms with van der Waals surface area (Å²) >= 11 is 0. The number of nitrogens with zero attached hydrogens (tertiary/aromatic N) is 3. The minimum absolute atomic E-state index is 0.0281. The number of amidine groups is 1. The van der Waals surface area contributed by atoms with Crippen LogP contribution in [0.25, 0.3) is 22.0 Å². The highest BCUT2D eigenvalue weighted by Crippen LogP contribution is 2.48. The average Bonchev–Trinajstić information content (AvgIpc) is 3.44. The van der Waals surface area contributed by atoms with Crippen LogP contribution in [0.2, 0.25) is 0 Å². The van der Waals surface area contributed by atoms with E-state index in [1.165, 1.54) is 0 Å². The van der Waals surface area contributed by atoms with Crippen molar-refractivity contribution in [3.05, 3.63) is 59.8 Å². The average molecular weight is 383 g/mol. The summed E-state index contributed by atoms with van der Waals surface area (Å²) in [5, 5.41) is 1.03. The van der Waals surface area contributed by atoms with Crippen molar-refractivity contribution in [1.29, 1.82) is 0 Å². The molecule has 0 radical (unpaired) electrons. The van der Waals surface area contributed by atoms with Gasteiger partial charge in [-0.15, -0.1) is 0 Å². The number of carbonyl (C=O) groups is 1. The maximum absolute atomic E-state index is 13.0. The molecule has 1 aromatic heterocycles. The molecule has 1 saturated carbocycles. The molecular weight excluding hydrogens is 362 g/mol. The lowest BCUT2D eigenvalue weighted by atomic mass is 9.94. The molecule has 144 valence electrons. The van der Waals surface area contributed by atoms with Crippen molar-refractivity contribution in [2.24, 2.45) is 4.99 Å². The van der Waals surface area contributed by atoms with Gasteiger partial charge in [-0.3, -0.25) is 9.78 Å². The topological polar surface area (TPSA) is 54.8 Å². The van der Waals surface area contributed by atoms with Crippen LogP contribution in [0.4, 0.5) is 0 Å². The van der Waals surface area contributed by atoms with Crippen LogP contribution in [0.3, 0.4) is 0 Å². The number of rotatable bonds is 2. The van der Waals surface area contributed by atoms with Crippen molar-refractivity contribution in [3.8, 4) is 16.9 Å². The summed E-state index contributed by atoms with van der Waals surface area (Å²) in [6.45, 7) is 0.654. The number of aromatic nitrogens is 1. The van der Waals surface area contributed by atoms with Crippen molar-refractivity contribution in [2.75, 3.05) is 7.11 Å². The molecule has 0 atom stereocenters. The predicted molar refractivity (Wildman–Crippen MR) is 112 cm³/mol. The number of pyridine rings is 1. The summed E-state index contributed by atoms with van der Waals surface area (Å²) in [4.78, 5) is 24.8. The fourth-order valence-corrected chi connectivity index (χ4v) is 5.27. The maximum atomic E-state index is 13.0. The molecule has 0 saturated heterocycles. The van der Waals surface area contributed by atoms with E-state index < -0.39 is 5.54 Å². The first-order valence-electron chi connectivity index (χ1n) is 10.2. The molecule has 0 N–H and O–H groups in total.